The number of nitrogens with one attached hydrogen (secondary N) is 2. The summed E-state index contributed by atoms with van der Waals surface area (Å²) in [5, 5.41) is 5.83. The number of methoxy groups -OCH3 is 2. The lowest BCUT2D eigenvalue weighted by molar-refractivity contribution is 0.0939. The van der Waals surface area contributed by atoms with Gasteiger partial charge < -0.3 is 29.6 Å². The summed E-state index contributed by atoms with van der Waals surface area (Å²) in [5.74, 6) is 3.27. The summed E-state index contributed by atoms with van der Waals surface area (Å²) in [6.45, 7) is 10.5. The van der Waals surface area contributed by atoms with E-state index in [-0.39, 0.29) is 11.8 Å². The Kier molecular flexibility index (Phi) is 12.5. The van der Waals surface area contributed by atoms with Crippen LogP contribution in [0.25, 0.3) is 0 Å². The number of ether oxygens (including phenoxy) is 4. The number of carbonyl (C=O) groups excluding carboxylic acids is 2. The molecule has 0 aromatic heterocycles. The van der Waals surface area contributed by atoms with Crippen molar-refractivity contribution in [2.75, 3.05) is 27.4 Å². The van der Waals surface area contributed by atoms with Crippen molar-refractivity contribution in [3.8, 4) is 23.0 Å². The Morgan fingerprint density at radius 2 is 0.976 bits per heavy atom. The van der Waals surface area contributed by atoms with Gasteiger partial charge in [-0.15, -0.1) is 0 Å². The van der Waals surface area contributed by atoms with Crippen molar-refractivity contribution < 1.29 is 28.5 Å². The molecule has 0 saturated heterocycles. The van der Waals surface area contributed by atoms with Crippen LogP contribution >= 0.6 is 0 Å². The summed E-state index contributed by atoms with van der Waals surface area (Å²) in [6, 6.07) is 17.8. The Labute approximate surface area is 249 Å². The predicted molar refractivity (Wildman–Crippen MR) is 165 cm³/mol. The first kappa shape index (κ1) is 32.3. The van der Waals surface area contributed by atoms with Crippen LogP contribution in [0.4, 0.5) is 0 Å². The van der Waals surface area contributed by atoms with Crippen molar-refractivity contribution in [2.24, 2.45) is 11.8 Å². The molecule has 3 aromatic carbocycles. The first-order valence-electron chi connectivity index (χ1n) is 14.5. The molecule has 0 unspecified atom stereocenters. The first-order chi connectivity index (χ1) is 20.2. The van der Waals surface area contributed by atoms with E-state index in [9.17, 15) is 9.59 Å². The molecule has 0 atom stereocenters. The number of hydrogen-bond donors (Lipinski definition) is 2. The highest BCUT2D eigenvalue weighted by Gasteiger charge is 2.12. The van der Waals surface area contributed by atoms with Crippen molar-refractivity contribution >= 4 is 11.8 Å². The quantitative estimate of drug-likeness (QED) is 0.205. The second-order valence-corrected chi connectivity index (χ2v) is 11.0. The zero-order valence-electron chi connectivity index (χ0n) is 25.6. The molecule has 8 heteroatoms. The van der Waals surface area contributed by atoms with Crippen LogP contribution < -0.4 is 29.6 Å². The molecule has 0 fully saturated rings. The smallest absolute Gasteiger partial charge is 0.251 e. The van der Waals surface area contributed by atoms with Crippen molar-refractivity contribution in [2.45, 2.75) is 53.6 Å². The number of benzene rings is 3. The van der Waals surface area contributed by atoms with Crippen molar-refractivity contribution in [3.63, 3.8) is 0 Å². The molecule has 0 saturated carbocycles. The highest BCUT2D eigenvalue weighted by atomic mass is 16.5. The third-order valence-electron chi connectivity index (χ3n) is 6.68. The number of rotatable bonds is 16. The molecule has 42 heavy (non-hydrogen) atoms. The van der Waals surface area contributed by atoms with Gasteiger partial charge in [-0.3, -0.25) is 9.59 Å². The molecule has 2 N–H and O–H groups in total. The van der Waals surface area contributed by atoms with Crippen LogP contribution in [0.15, 0.2) is 60.7 Å². The summed E-state index contributed by atoms with van der Waals surface area (Å²) >= 11 is 0. The average molecular weight is 577 g/mol. The third kappa shape index (κ3) is 10.0. The van der Waals surface area contributed by atoms with Gasteiger partial charge >= 0.3 is 0 Å². The Bertz CT molecular complexity index is 1200. The lowest BCUT2D eigenvalue weighted by Gasteiger charge is -2.14. The van der Waals surface area contributed by atoms with Gasteiger partial charge in [0, 0.05) is 24.2 Å². The lowest BCUT2D eigenvalue weighted by atomic mass is 10.1. The molecule has 0 bridgehead atoms. The zero-order valence-corrected chi connectivity index (χ0v) is 25.6. The predicted octanol–water partition coefficient (Wildman–Crippen LogP) is 6.41. The van der Waals surface area contributed by atoms with Crippen LogP contribution in [0.5, 0.6) is 23.0 Å². The van der Waals surface area contributed by atoms with Gasteiger partial charge in [0.05, 0.1) is 27.4 Å². The van der Waals surface area contributed by atoms with Crippen LogP contribution in [0.2, 0.25) is 0 Å². The molecule has 3 rings (SSSR count). The van der Waals surface area contributed by atoms with E-state index < -0.39 is 0 Å². The average Bonchev–Trinajstić information content (AvgIpc) is 2.99. The highest BCUT2D eigenvalue weighted by Crippen LogP contribution is 2.29. The van der Waals surface area contributed by atoms with Crippen molar-refractivity contribution in [3.05, 3.63) is 82.9 Å². The standard InChI is InChI=1S/C34H44N2O6/c1-23(2)15-17-41-29-13-7-25(19-31(29)39-5)21-35-33(37)27-9-11-28(12-10-27)34(38)36-22-26-8-14-30(32(20-26)40-6)42-18-16-24(3)4/h7-14,19-20,23-24H,15-18,21-22H2,1-6H3,(H,35,37)(H,36,38). The van der Waals surface area contributed by atoms with E-state index in [1.165, 1.54) is 0 Å². The van der Waals surface area contributed by atoms with Gasteiger partial charge in [-0.05, 0) is 84.3 Å². The van der Waals surface area contributed by atoms with Gasteiger partial charge in [0.1, 0.15) is 0 Å². The summed E-state index contributed by atoms with van der Waals surface area (Å²) in [4.78, 5) is 25.5. The number of carbonyl (C=O) groups is 2. The molecular weight excluding hydrogens is 532 g/mol. The zero-order chi connectivity index (χ0) is 30.5. The fourth-order valence-corrected chi connectivity index (χ4v) is 4.03. The monoisotopic (exact) mass is 576 g/mol. The van der Waals surface area contributed by atoms with E-state index in [2.05, 4.69) is 38.3 Å². The minimum absolute atomic E-state index is 0.235. The Morgan fingerprint density at radius 1 is 0.595 bits per heavy atom. The molecular formula is C34H44N2O6. The van der Waals surface area contributed by atoms with Crippen LogP contribution in [0.1, 0.15) is 72.4 Å². The van der Waals surface area contributed by atoms with Gasteiger partial charge in [-0.1, -0.05) is 39.8 Å². The van der Waals surface area contributed by atoms with E-state index in [1.54, 1.807) is 38.5 Å². The lowest BCUT2D eigenvalue weighted by Crippen LogP contribution is -2.24. The molecule has 0 spiro atoms. The Hall–Kier alpha value is -4.20. The van der Waals surface area contributed by atoms with Crippen LogP contribution in [0.3, 0.4) is 0 Å². The largest absolute Gasteiger partial charge is 0.493 e. The maximum absolute atomic E-state index is 12.7. The highest BCUT2D eigenvalue weighted by molar-refractivity contribution is 5.97. The molecule has 0 aliphatic rings. The minimum atomic E-state index is -0.235. The van der Waals surface area contributed by atoms with Gasteiger partial charge in [0.25, 0.3) is 11.8 Å². The molecule has 3 aromatic rings. The van der Waals surface area contributed by atoms with Crippen molar-refractivity contribution in [1.82, 2.24) is 10.6 Å². The van der Waals surface area contributed by atoms with Gasteiger partial charge in [-0.2, -0.15) is 0 Å². The second kappa shape index (κ2) is 16.3. The van der Waals surface area contributed by atoms with Crippen molar-refractivity contribution in [1.29, 1.82) is 0 Å². The van der Waals surface area contributed by atoms with E-state index in [0.717, 1.165) is 24.0 Å². The van der Waals surface area contributed by atoms with E-state index in [1.807, 2.05) is 36.4 Å². The Balaban J connectivity index is 1.50. The topological polar surface area (TPSA) is 95.1 Å². The summed E-state index contributed by atoms with van der Waals surface area (Å²) in [5.41, 5.74) is 2.70. The molecule has 8 nitrogen and oxygen atoms in total. The molecule has 0 heterocycles. The molecule has 2 amide bonds. The summed E-state index contributed by atoms with van der Waals surface area (Å²) in [6.07, 6.45) is 1.91. The molecule has 0 aliphatic carbocycles. The fraction of sp³-hybridized carbons (Fsp3) is 0.412. The van der Waals surface area contributed by atoms with Crippen LogP contribution in [-0.4, -0.2) is 39.2 Å². The Morgan fingerprint density at radius 3 is 1.31 bits per heavy atom. The van der Waals surface area contributed by atoms with Gasteiger partial charge in [0.15, 0.2) is 23.0 Å². The van der Waals surface area contributed by atoms with Crippen LogP contribution in [0, 0.1) is 11.8 Å². The normalized spacial score (nSPS) is 10.9. The van der Waals surface area contributed by atoms with Gasteiger partial charge in [-0.25, -0.2) is 0 Å². The van der Waals surface area contributed by atoms with E-state index >= 15 is 0 Å². The third-order valence-corrected chi connectivity index (χ3v) is 6.68. The minimum Gasteiger partial charge on any atom is -0.493 e. The number of amides is 2. The molecule has 0 aliphatic heterocycles. The first-order valence-corrected chi connectivity index (χ1v) is 14.5. The maximum atomic E-state index is 12.7. The summed E-state index contributed by atoms with van der Waals surface area (Å²) < 4.78 is 22.6. The van der Waals surface area contributed by atoms with E-state index in [0.29, 0.717) is 72.3 Å². The molecule has 0 radical (unpaired) electrons. The SMILES string of the molecule is COc1cc(CNC(=O)c2ccc(C(=O)NCc3ccc(OCCC(C)C)c(OC)c3)cc2)ccc1OCCC(C)C. The second-order valence-electron chi connectivity index (χ2n) is 11.0. The fourth-order valence-electron chi connectivity index (χ4n) is 4.03. The van der Waals surface area contributed by atoms with Crippen LogP contribution in [-0.2, 0) is 13.1 Å². The maximum Gasteiger partial charge on any atom is 0.251 e. The van der Waals surface area contributed by atoms with Gasteiger partial charge in [0.2, 0.25) is 0 Å². The summed E-state index contributed by atoms with van der Waals surface area (Å²) in [7, 11) is 3.20. The molecule has 226 valence electrons. The van der Waals surface area contributed by atoms with E-state index in [4.69, 9.17) is 18.9 Å². The number of hydrogen-bond acceptors (Lipinski definition) is 6.